The van der Waals surface area contributed by atoms with Crippen molar-refractivity contribution in [2.45, 2.75) is 31.7 Å². The second kappa shape index (κ2) is 6.23. The summed E-state index contributed by atoms with van der Waals surface area (Å²) in [7, 11) is 3.92. The standard InChI is InChI=1S/C13H21ClN4/c1-17(2)13-15-9-7-12(16-13)18(10-8-14)11-5-3-4-6-11/h7,9,11H,3-6,8,10H2,1-2H3. The lowest BCUT2D eigenvalue weighted by atomic mass is 10.2. The van der Waals surface area contributed by atoms with Crippen LogP contribution in [0.25, 0.3) is 0 Å². The van der Waals surface area contributed by atoms with E-state index in [0.29, 0.717) is 11.9 Å². The van der Waals surface area contributed by atoms with Crippen molar-refractivity contribution in [3.8, 4) is 0 Å². The van der Waals surface area contributed by atoms with Crippen LogP contribution in [0.3, 0.4) is 0 Å². The van der Waals surface area contributed by atoms with Gasteiger partial charge in [-0.05, 0) is 18.9 Å². The molecular formula is C13H21ClN4. The van der Waals surface area contributed by atoms with Gasteiger partial charge in [-0.1, -0.05) is 12.8 Å². The number of hydrogen-bond donors (Lipinski definition) is 0. The number of anilines is 2. The molecule has 18 heavy (non-hydrogen) atoms. The average molecular weight is 269 g/mol. The molecule has 0 amide bonds. The lowest BCUT2D eigenvalue weighted by Gasteiger charge is -2.29. The Bertz CT molecular complexity index is 377. The van der Waals surface area contributed by atoms with Gasteiger partial charge in [-0.3, -0.25) is 0 Å². The highest BCUT2D eigenvalue weighted by molar-refractivity contribution is 6.18. The second-order valence-electron chi connectivity index (χ2n) is 4.93. The second-order valence-corrected chi connectivity index (χ2v) is 5.31. The molecule has 0 aliphatic heterocycles. The molecule has 0 bridgehead atoms. The van der Waals surface area contributed by atoms with Gasteiger partial charge in [0.25, 0.3) is 0 Å². The summed E-state index contributed by atoms with van der Waals surface area (Å²) < 4.78 is 0. The molecule has 100 valence electrons. The third-order valence-electron chi connectivity index (χ3n) is 3.41. The summed E-state index contributed by atoms with van der Waals surface area (Å²) in [5, 5.41) is 0. The van der Waals surface area contributed by atoms with Crippen LogP contribution in [0.15, 0.2) is 12.3 Å². The van der Waals surface area contributed by atoms with Gasteiger partial charge in [0.15, 0.2) is 0 Å². The van der Waals surface area contributed by atoms with Crippen LogP contribution in [0.5, 0.6) is 0 Å². The van der Waals surface area contributed by atoms with Gasteiger partial charge in [-0.2, -0.15) is 4.98 Å². The fraction of sp³-hybridized carbons (Fsp3) is 0.692. The zero-order valence-electron chi connectivity index (χ0n) is 11.1. The molecule has 1 aromatic heterocycles. The van der Waals surface area contributed by atoms with Crippen molar-refractivity contribution in [3.63, 3.8) is 0 Å². The number of aromatic nitrogens is 2. The van der Waals surface area contributed by atoms with Crippen LogP contribution < -0.4 is 9.80 Å². The van der Waals surface area contributed by atoms with Gasteiger partial charge in [0.05, 0.1) is 0 Å². The number of nitrogens with zero attached hydrogens (tertiary/aromatic N) is 4. The number of halogens is 1. The molecule has 0 radical (unpaired) electrons. The quantitative estimate of drug-likeness (QED) is 0.769. The van der Waals surface area contributed by atoms with Gasteiger partial charge in [-0.15, -0.1) is 11.6 Å². The maximum Gasteiger partial charge on any atom is 0.226 e. The summed E-state index contributed by atoms with van der Waals surface area (Å²) in [6.07, 6.45) is 6.95. The van der Waals surface area contributed by atoms with Crippen molar-refractivity contribution in [1.82, 2.24) is 9.97 Å². The molecule has 5 heteroatoms. The van der Waals surface area contributed by atoms with Gasteiger partial charge < -0.3 is 9.80 Å². The maximum absolute atomic E-state index is 5.93. The SMILES string of the molecule is CN(C)c1nccc(N(CCCl)C2CCCC2)n1. The minimum absolute atomic E-state index is 0.591. The third-order valence-corrected chi connectivity index (χ3v) is 3.58. The Hall–Kier alpha value is -1.03. The van der Waals surface area contributed by atoms with E-state index in [1.807, 2.05) is 31.3 Å². The van der Waals surface area contributed by atoms with Gasteiger partial charge >= 0.3 is 0 Å². The Labute approximate surface area is 114 Å². The van der Waals surface area contributed by atoms with E-state index in [4.69, 9.17) is 11.6 Å². The van der Waals surface area contributed by atoms with Gasteiger partial charge in [0.1, 0.15) is 5.82 Å². The number of hydrogen-bond acceptors (Lipinski definition) is 4. The van der Waals surface area contributed by atoms with Gasteiger partial charge in [-0.25, -0.2) is 4.98 Å². The Balaban J connectivity index is 2.21. The first-order chi connectivity index (χ1) is 8.72. The minimum Gasteiger partial charge on any atom is -0.352 e. The fourth-order valence-electron chi connectivity index (χ4n) is 2.51. The highest BCUT2D eigenvalue weighted by Crippen LogP contribution is 2.27. The van der Waals surface area contributed by atoms with E-state index in [2.05, 4.69) is 14.9 Å². The summed E-state index contributed by atoms with van der Waals surface area (Å²) in [6.45, 7) is 0.857. The zero-order valence-corrected chi connectivity index (χ0v) is 11.9. The van der Waals surface area contributed by atoms with Crippen LogP contribution in [0.4, 0.5) is 11.8 Å². The molecule has 0 unspecified atom stereocenters. The van der Waals surface area contributed by atoms with E-state index in [9.17, 15) is 0 Å². The van der Waals surface area contributed by atoms with Gasteiger partial charge in [0, 0.05) is 38.8 Å². The largest absolute Gasteiger partial charge is 0.352 e. The molecule has 0 aromatic carbocycles. The highest BCUT2D eigenvalue weighted by atomic mass is 35.5. The minimum atomic E-state index is 0.591. The van der Waals surface area contributed by atoms with E-state index < -0.39 is 0 Å². The Morgan fingerprint density at radius 1 is 1.33 bits per heavy atom. The Morgan fingerprint density at radius 2 is 2.06 bits per heavy atom. The molecule has 0 N–H and O–H groups in total. The van der Waals surface area contributed by atoms with E-state index in [1.165, 1.54) is 25.7 Å². The van der Waals surface area contributed by atoms with E-state index in [1.54, 1.807) is 0 Å². The summed E-state index contributed by atoms with van der Waals surface area (Å²) in [4.78, 5) is 13.2. The van der Waals surface area contributed by atoms with Crippen molar-refractivity contribution in [2.24, 2.45) is 0 Å². The lowest BCUT2D eigenvalue weighted by molar-refractivity contribution is 0.613. The molecular weight excluding hydrogens is 248 g/mol. The molecule has 0 atom stereocenters. The molecule has 1 heterocycles. The first-order valence-corrected chi connectivity index (χ1v) is 7.09. The van der Waals surface area contributed by atoms with Crippen molar-refractivity contribution >= 4 is 23.4 Å². The first kappa shape index (κ1) is 13.4. The summed E-state index contributed by atoms with van der Waals surface area (Å²) in [5.41, 5.74) is 0. The zero-order chi connectivity index (χ0) is 13.0. The lowest BCUT2D eigenvalue weighted by Crippen LogP contribution is -2.35. The van der Waals surface area contributed by atoms with Gasteiger partial charge in [0.2, 0.25) is 5.95 Å². The van der Waals surface area contributed by atoms with Crippen LogP contribution in [0.1, 0.15) is 25.7 Å². The number of alkyl halides is 1. The van der Waals surface area contributed by atoms with Crippen molar-refractivity contribution < 1.29 is 0 Å². The average Bonchev–Trinajstić information content (AvgIpc) is 2.89. The predicted octanol–water partition coefficient (Wildman–Crippen LogP) is 2.53. The normalized spacial score (nSPS) is 15.9. The monoisotopic (exact) mass is 268 g/mol. The topological polar surface area (TPSA) is 32.3 Å². The molecule has 1 aliphatic rings. The third kappa shape index (κ3) is 3.05. The van der Waals surface area contributed by atoms with E-state index in [-0.39, 0.29) is 0 Å². The van der Waals surface area contributed by atoms with Crippen LogP contribution in [0, 0.1) is 0 Å². The maximum atomic E-state index is 5.93. The van der Waals surface area contributed by atoms with Crippen molar-refractivity contribution in [1.29, 1.82) is 0 Å². The molecule has 0 saturated heterocycles. The Kier molecular flexibility index (Phi) is 4.64. The summed E-state index contributed by atoms with van der Waals surface area (Å²) in [5.74, 6) is 2.39. The summed E-state index contributed by atoms with van der Waals surface area (Å²) in [6, 6.07) is 2.58. The van der Waals surface area contributed by atoms with E-state index in [0.717, 1.165) is 18.3 Å². The van der Waals surface area contributed by atoms with Crippen LogP contribution >= 0.6 is 11.6 Å². The predicted molar refractivity (Wildman–Crippen MR) is 76.7 cm³/mol. The molecule has 1 fully saturated rings. The van der Waals surface area contributed by atoms with Crippen LogP contribution in [-0.4, -0.2) is 42.5 Å². The molecule has 0 spiro atoms. The smallest absolute Gasteiger partial charge is 0.226 e. The fourth-order valence-corrected chi connectivity index (χ4v) is 2.69. The molecule has 2 rings (SSSR count). The number of rotatable bonds is 5. The molecule has 1 saturated carbocycles. The Morgan fingerprint density at radius 3 is 2.67 bits per heavy atom. The summed E-state index contributed by atoms with van der Waals surface area (Å²) >= 11 is 5.93. The van der Waals surface area contributed by atoms with Crippen LogP contribution in [0.2, 0.25) is 0 Å². The molecule has 1 aliphatic carbocycles. The molecule has 1 aromatic rings. The van der Waals surface area contributed by atoms with Crippen LogP contribution in [-0.2, 0) is 0 Å². The highest BCUT2D eigenvalue weighted by Gasteiger charge is 2.23. The van der Waals surface area contributed by atoms with Crippen molar-refractivity contribution in [2.75, 3.05) is 36.3 Å². The van der Waals surface area contributed by atoms with E-state index >= 15 is 0 Å². The molecule has 4 nitrogen and oxygen atoms in total. The van der Waals surface area contributed by atoms with Crippen molar-refractivity contribution in [3.05, 3.63) is 12.3 Å². The first-order valence-electron chi connectivity index (χ1n) is 6.55.